The van der Waals surface area contributed by atoms with E-state index in [0.717, 1.165) is 5.69 Å². The summed E-state index contributed by atoms with van der Waals surface area (Å²) in [6.07, 6.45) is 19.6. The summed E-state index contributed by atoms with van der Waals surface area (Å²) < 4.78 is 15.2. The number of fused-ring (bicyclic) bond motifs is 9. The van der Waals surface area contributed by atoms with Crippen molar-refractivity contribution in [2.24, 2.45) is 42.3 Å². The van der Waals surface area contributed by atoms with E-state index < -0.39 is 0 Å². The quantitative estimate of drug-likeness (QED) is 0.131. The van der Waals surface area contributed by atoms with Crippen LogP contribution in [0.25, 0.3) is 71.9 Å². The van der Waals surface area contributed by atoms with Crippen molar-refractivity contribution < 1.29 is 18.5 Å². The second kappa shape index (κ2) is 41.8. The fraction of sp³-hybridized carbons (Fsp3) is 0.416. The van der Waals surface area contributed by atoms with Crippen LogP contribution >= 0.6 is 0 Å². The van der Waals surface area contributed by atoms with Gasteiger partial charge in [0.05, 0.1) is 52.4 Å². The molecule has 0 bridgehead atoms. The molecule has 0 saturated carbocycles. The van der Waals surface area contributed by atoms with E-state index in [2.05, 4.69) is 213 Å². The van der Waals surface area contributed by atoms with Gasteiger partial charge in [0.15, 0.2) is 23.8 Å². The van der Waals surface area contributed by atoms with Crippen LogP contribution in [0.4, 0.5) is 0 Å². The molecule has 7 aromatic heterocycles. The molecule has 484 valence electrons. The first-order valence-corrected chi connectivity index (χ1v) is 33.1. The van der Waals surface area contributed by atoms with Crippen LogP contribution < -0.4 is 18.5 Å². The van der Waals surface area contributed by atoms with Crippen molar-refractivity contribution in [3.8, 4) is 22.8 Å². The summed E-state index contributed by atoms with van der Waals surface area (Å²) in [7, 11) is 12.3. The number of pyridine rings is 2. The van der Waals surface area contributed by atoms with E-state index in [-0.39, 0.29) is 0 Å². The molecule has 7 heterocycles. The Bertz CT molecular complexity index is 3850. The molecule has 0 fully saturated rings. The number of hydrogen-bond acceptors (Lipinski definition) is 3. The summed E-state index contributed by atoms with van der Waals surface area (Å²) in [5.74, 6) is 1.23. The summed E-state index contributed by atoms with van der Waals surface area (Å²) in [4.78, 5) is 7.66. The van der Waals surface area contributed by atoms with Gasteiger partial charge >= 0.3 is 0 Å². The molecule has 0 N–H and O–H groups in total. The molecule has 12 rings (SSSR count). The number of hydrogen-bond donors (Lipinski definition) is 0. The third-order valence-electron chi connectivity index (χ3n) is 14.5. The minimum absolute atomic E-state index is 1.06. The van der Waals surface area contributed by atoms with Crippen molar-refractivity contribution in [3.05, 3.63) is 191 Å². The van der Waals surface area contributed by atoms with Gasteiger partial charge in [0.1, 0.15) is 30.3 Å². The molecule has 0 aliphatic carbocycles. The van der Waals surface area contributed by atoms with E-state index in [9.17, 15) is 0 Å². The van der Waals surface area contributed by atoms with E-state index in [1.807, 2.05) is 190 Å². The predicted molar refractivity (Wildman–Crippen MR) is 387 cm³/mol. The van der Waals surface area contributed by atoms with Gasteiger partial charge in [-0.3, -0.25) is 4.98 Å². The Hall–Kier alpha value is -8.25. The Morgan fingerprint density at radius 3 is 1.42 bits per heavy atom. The van der Waals surface area contributed by atoms with Gasteiger partial charge < -0.3 is 4.57 Å². The number of nitrogens with zero attached hydrogens (tertiary/aromatic N) is 12. The first-order chi connectivity index (χ1) is 43.1. The van der Waals surface area contributed by atoms with E-state index in [4.69, 9.17) is 0 Å². The van der Waals surface area contributed by atoms with E-state index in [0.29, 0.717) is 0 Å². The SMILES string of the molecule is CC.CC.CC.CC.CC.CC.CC.CC.CC.Cc1c(C)c(C)c2c(c1C)c1cccc(C)c1c1n2cc[n+]1C.Cc1cc2c3ccccc3n(C)c2cc1-c1n(C)cc[n+]1C.Cc1ccccc1-[n+]1ccnn1C.Cc1ccncc1-[n+]1ccnn1C. The Kier molecular flexibility index (Phi) is 37.9. The van der Waals surface area contributed by atoms with Gasteiger partial charge in [-0.15, -0.1) is 9.36 Å². The van der Waals surface area contributed by atoms with Crippen molar-refractivity contribution in [2.45, 2.75) is 180 Å². The van der Waals surface area contributed by atoms with Gasteiger partial charge in [-0.05, 0) is 129 Å². The Morgan fingerprint density at radius 1 is 0.393 bits per heavy atom. The molecule has 0 aliphatic heterocycles. The zero-order chi connectivity index (χ0) is 68.4. The van der Waals surface area contributed by atoms with Crippen LogP contribution in [0.15, 0.2) is 147 Å². The highest BCUT2D eigenvalue weighted by molar-refractivity contribution is 6.14. The van der Waals surface area contributed by atoms with Gasteiger partial charge in [0, 0.05) is 67.1 Å². The van der Waals surface area contributed by atoms with Gasteiger partial charge in [-0.2, -0.15) is 4.40 Å². The number of aromatic nitrogens is 12. The lowest BCUT2D eigenvalue weighted by molar-refractivity contribution is -0.688. The number of benzene rings is 5. The Labute approximate surface area is 539 Å². The highest BCUT2D eigenvalue weighted by Gasteiger charge is 2.24. The third-order valence-corrected chi connectivity index (χ3v) is 14.5. The molecule has 0 radical (unpaired) electrons. The molecule has 12 nitrogen and oxygen atoms in total. The van der Waals surface area contributed by atoms with Crippen LogP contribution in [0.3, 0.4) is 0 Å². The third kappa shape index (κ3) is 18.7. The molecule has 12 aromatic rings. The zero-order valence-corrected chi connectivity index (χ0v) is 61.7. The van der Waals surface area contributed by atoms with Crippen molar-refractivity contribution >= 4 is 49.1 Å². The summed E-state index contributed by atoms with van der Waals surface area (Å²) in [5, 5.41) is 15.0. The van der Waals surface area contributed by atoms with Crippen LogP contribution in [-0.4, -0.2) is 38.3 Å². The summed E-state index contributed by atoms with van der Waals surface area (Å²) in [5.41, 5.74) is 19.4. The monoisotopic (exact) mass is 1210 g/mol. The maximum absolute atomic E-state index is 4.11. The van der Waals surface area contributed by atoms with Gasteiger partial charge in [0.25, 0.3) is 11.5 Å². The van der Waals surface area contributed by atoms with E-state index in [1.54, 1.807) is 23.4 Å². The number of rotatable bonds is 3. The average molecular weight is 1210 g/mol. The van der Waals surface area contributed by atoms with Gasteiger partial charge in [0.2, 0.25) is 12.4 Å². The van der Waals surface area contributed by atoms with Gasteiger partial charge in [-0.1, -0.05) is 179 Å². The topological polar surface area (TPSA) is 78.3 Å². The van der Waals surface area contributed by atoms with E-state index >= 15 is 0 Å². The summed E-state index contributed by atoms with van der Waals surface area (Å²) >= 11 is 0. The first-order valence-electron chi connectivity index (χ1n) is 33.1. The summed E-state index contributed by atoms with van der Waals surface area (Å²) in [6.45, 7) is 53.6. The molecular formula is C77H120N12+4. The second-order valence-corrected chi connectivity index (χ2v) is 18.9. The lowest BCUT2D eigenvalue weighted by Gasteiger charge is -2.15. The fourth-order valence-corrected chi connectivity index (χ4v) is 10.2. The second-order valence-electron chi connectivity index (χ2n) is 18.9. The highest BCUT2D eigenvalue weighted by atomic mass is 15.5. The van der Waals surface area contributed by atoms with Gasteiger partial charge in [-0.25, -0.2) is 13.7 Å². The van der Waals surface area contributed by atoms with Crippen molar-refractivity contribution in [1.82, 2.24) is 38.3 Å². The maximum Gasteiger partial charge on any atom is 0.294 e. The minimum atomic E-state index is 1.06. The molecule has 89 heavy (non-hydrogen) atoms. The van der Waals surface area contributed by atoms with Crippen molar-refractivity contribution in [3.63, 3.8) is 0 Å². The van der Waals surface area contributed by atoms with Crippen LogP contribution in [0.2, 0.25) is 0 Å². The summed E-state index contributed by atoms with van der Waals surface area (Å²) in [6, 6.07) is 30.1. The van der Waals surface area contributed by atoms with Crippen LogP contribution in [0.1, 0.15) is 169 Å². The molecule has 0 unspecified atom stereocenters. The predicted octanol–water partition coefficient (Wildman–Crippen LogP) is 18.7. The highest BCUT2D eigenvalue weighted by Crippen LogP contribution is 2.37. The molecular weight excluding hydrogens is 1090 g/mol. The zero-order valence-electron chi connectivity index (χ0n) is 61.7. The molecule has 0 saturated heterocycles. The maximum atomic E-state index is 4.11. The standard InChI is InChI=1S/C21H23N2.C19H20N3.C10H12N3.C9H11N4.9C2H6/c1-12-8-7-9-17-18(12)21-22(6)10-11-23(21)20-16(5)14(3)13(2)15(4)19(17)20;1-13-11-16-14-7-5-6-8-17(14)22(4)18(16)12-15(13)19-20(2)9-10-21(19)3;1-9-5-3-4-6-10(9)13-8-7-11-12(13)2;1-8-3-4-10-7-9(8)13-6-5-11-12(13)2;9*1-2/h7-11H,1-6H3;5-12H,1-4H3;3-8H,1-2H3;3-7H,1-2H3;9*1-2H3/q4*+1;;;;;;;;;. The lowest BCUT2D eigenvalue weighted by atomic mass is 9.91. The largest absolute Gasteiger partial charge is 0.344 e. The molecule has 0 atom stereocenters. The van der Waals surface area contributed by atoms with Crippen LogP contribution in [-0.2, 0) is 42.3 Å². The number of imidazole rings is 2. The average Bonchev–Trinajstić information content (AvgIpc) is 1.73. The van der Waals surface area contributed by atoms with E-state index in [1.165, 1.54) is 111 Å². The molecule has 0 aliphatic rings. The fourth-order valence-electron chi connectivity index (χ4n) is 10.2. The Morgan fingerprint density at radius 2 is 0.888 bits per heavy atom. The number of aryl methyl sites for hydroxylation is 12. The normalized spacial score (nSPS) is 9.57. The first kappa shape index (κ1) is 80.8. The molecule has 12 heteroatoms. The van der Waals surface area contributed by atoms with Crippen LogP contribution in [0.5, 0.6) is 0 Å². The number of para-hydroxylation sites is 2. The molecule has 0 amide bonds. The minimum Gasteiger partial charge on any atom is -0.344 e. The van der Waals surface area contributed by atoms with Crippen molar-refractivity contribution in [1.29, 1.82) is 0 Å². The molecule has 5 aromatic carbocycles. The Balaban J connectivity index is 0.00000109. The van der Waals surface area contributed by atoms with Crippen molar-refractivity contribution in [2.75, 3.05) is 0 Å². The smallest absolute Gasteiger partial charge is 0.294 e. The van der Waals surface area contributed by atoms with Crippen LogP contribution in [0, 0.1) is 55.4 Å². The lowest BCUT2D eigenvalue weighted by Crippen LogP contribution is -2.40. The molecule has 0 spiro atoms.